The van der Waals surface area contributed by atoms with Crippen molar-refractivity contribution in [3.63, 3.8) is 0 Å². The largest absolute Gasteiger partial charge is 0.353 e. The normalized spacial score (nSPS) is 28.9. The van der Waals surface area contributed by atoms with E-state index in [-0.39, 0.29) is 11.8 Å². The van der Waals surface area contributed by atoms with Crippen molar-refractivity contribution in [1.29, 1.82) is 0 Å². The van der Waals surface area contributed by atoms with Gasteiger partial charge in [0.15, 0.2) is 0 Å². The average molecular weight is 376 g/mol. The van der Waals surface area contributed by atoms with Gasteiger partial charge in [-0.2, -0.15) is 0 Å². The molecule has 0 aromatic heterocycles. The topological polar surface area (TPSA) is 52.7 Å². The van der Waals surface area contributed by atoms with Crippen LogP contribution in [0.4, 0.5) is 0 Å². The van der Waals surface area contributed by atoms with Crippen LogP contribution in [-0.4, -0.2) is 59.9 Å². The van der Waals surface area contributed by atoms with Crippen molar-refractivity contribution in [2.75, 3.05) is 26.2 Å². The molecule has 0 radical (unpaired) electrons. The van der Waals surface area contributed by atoms with Crippen LogP contribution in [0.5, 0.6) is 0 Å². The number of hydrogen-bond acceptors (Lipinski definition) is 3. The number of hydrogen-bond donors (Lipinski definition) is 1. The fourth-order valence-electron chi connectivity index (χ4n) is 5.35. The first kappa shape index (κ1) is 19.2. The van der Waals surface area contributed by atoms with Crippen LogP contribution in [0.1, 0.15) is 77.0 Å². The third kappa shape index (κ3) is 5.24. The Labute approximate surface area is 164 Å². The van der Waals surface area contributed by atoms with Crippen LogP contribution in [0.2, 0.25) is 0 Å². The Bertz CT molecular complexity index is 520. The molecule has 2 amide bonds. The van der Waals surface area contributed by atoms with Crippen molar-refractivity contribution < 1.29 is 9.59 Å². The molecule has 2 aliphatic heterocycles. The summed E-state index contributed by atoms with van der Waals surface area (Å²) in [6, 6.07) is 1.02. The van der Waals surface area contributed by atoms with Gasteiger partial charge in [-0.05, 0) is 63.8 Å². The molecule has 2 aliphatic carbocycles. The van der Waals surface area contributed by atoms with E-state index >= 15 is 0 Å². The number of amides is 2. The minimum atomic E-state index is 0.172. The second-order valence-electron chi connectivity index (χ2n) is 9.44. The van der Waals surface area contributed by atoms with E-state index in [1.807, 2.05) is 0 Å². The Balaban J connectivity index is 1.21. The van der Waals surface area contributed by atoms with E-state index in [0.717, 1.165) is 71.1 Å². The number of carbonyl (C=O) groups is 2. The molecule has 5 heteroatoms. The maximum Gasteiger partial charge on any atom is 0.224 e. The molecule has 0 bridgehead atoms. The zero-order chi connectivity index (χ0) is 18.6. The van der Waals surface area contributed by atoms with Gasteiger partial charge in [0, 0.05) is 38.1 Å². The number of likely N-dealkylation sites (tertiary alicyclic amines) is 2. The summed E-state index contributed by atoms with van der Waals surface area (Å²) in [6.45, 7) is 3.85. The standard InChI is InChI=1S/C22H37N3O2/c26-21(15-17-5-2-1-3-6-17)24-13-10-20(11-14-24)25-12-4-7-18(16-25)22(27)23-19-8-9-19/h17-20H,1-16H2,(H,23,27)/t18-/m0/s1. The average Bonchev–Trinajstić information content (AvgIpc) is 3.53. The summed E-state index contributed by atoms with van der Waals surface area (Å²) in [5, 5.41) is 3.19. The van der Waals surface area contributed by atoms with E-state index in [0.29, 0.717) is 23.9 Å². The quantitative estimate of drug-likeness (QED) is 0.804. The zero-order valence-corrected chi connectivity index (χ0v) is 16.8. The molecule has 0 spiro atoms. The highest BCUT2D eigenvalue weighted by Crippen LogP contribution is 2.29. The number of piperidine rings is 2. The summed E-state index contributed by atoms with van der Waals surface area (Å²) in [4.78, 5) is 29.7. The van der Waals surface area contributed by atoms with Crippen molar-refractivity contribution in [3.8, 4) is 0 Å². The summed E-state index contributed by atoms with van der Waals surface area (Å²) in [5.74, 6) is 1.48. The lowest BCUT2D eigenvalue weighted by molar-refractivity contribution is -0.134. The molecule has 1 N–H and O–H groups in total. The lowest BCUT2D eigenvalue weighted by Gasteiger charge is -2.42. The van der Waals surface area contributed by atoms with Crippen molar-refractivity contribution in [3.05, 3.63) is 0 Å². The molecule has 0 unspecified atom stereocenters. The van der Waals surface area contributed by atoms with Crippen molar-refractivity contribution in [2.45, 2.75) is 89.1 Å². The van der Waals surface area contributed by atoms with Crippen LogP contribution in [0.15, 0.2) is 0 Å². The maximum atomic E-state index is 12.7. The van der Waals surface area contributed by atoms with Gasteiger partial charge in [-0.25, -0.2) is 0 Å². The molecule has 2 heterocycles. The number of nitrogens with one attached hydrogen (secondary N) is 1. The summed E-state index contributed by atoms with van der Waals surface area (Å²) < 4.78 is 0. The fourth-order valence-corrected chi connectivity index (χ4v) is 5.35. The van der Waals surface area contributed by atoms with E-state index < -0.39 is 0 Å². The van der Waals surface area contributed by atoms with Crippen molar-refractivity contribution >= 4 is 11.8 Å². The Hall–Kier alpha value is -1.10. The molecule has 1 atom stereocenters. The Morgan fingerprint density at radius 3 is 2.26 bits per heavy atom. The molecular formula is C22H37N3O2. The summed E-state index contributed by atoms with van der Waals surface area (Å²) in [5.41, 5.74) is 0. The minimum Gasteiger partial charge on any atom is -0.353 e. The predicted octanol–water partition coefficient (Wildman–Crippen LogP) is 2.94. The van der Waals surface area contributed by atoms with Gasteiger partial charge in [-0.1, -0.05) is 19.3 Å². The minimum absolute atomic E-state index is 0.172. The second-order valence-corrected chi connectivity index (χ2v) is 9.44. The first-order valence-electron chi connectivity index (χ1n) is 11.5. The SMILES string of the molecule is O=C(NC1CC1)[C@H]1CCCN(C2CCN(C(=O)CC3CCCCC3)CC2)C1. The van der Waals surface area contributed by atoms with Crippen LogP contribution in [-0.2, 0) is 9.59 Å². The molecule has 0 aromatic rings. The third-order valence-electron chi connectivity index (χ3n) is 7.27. The summed E-state index contributed by atoms with van der Waals surface area (Å²) in [7, 11) is 0. The van der Waals surface area contributed by atoms with E-state index in [4.69, 9.17) is 0 Å². The van der Waals surface area contributed by atoms with Crippen LogP contribution < -0.4 is 5.32 Å². The van der Waals surface area contributed by atoms with Gasteiger partial charge in [-0.15, -0.1) is 0 Å². The molecule has 5 nitrogen and oxygen atoms in total. The number of rotatable bonds is 5. The van der Waals surface area contributed by atoms with Crippen LogP contribution in [0.25, 0.3) is 0 Å². The molecule has 2 saturated carbocycles. The number of carbonyl (C=O) groups excluding carboxylic acids is 2. The lowest BCUT2D eigenvalue weighted by atomic mass is 9.86. The smallest absolute Gasteiger partial charge is 0.224 e. The molecule has 4 aliphatic rings. The highest BCUT2D eigenvalue weighted by atomic mass is 16.2. The third-order valence-corrected chi connectivity index (χ3v) is 7.27. The van der Waals surface area contributed by atoms with E-state index in [9.17, 15) is 9.59 Å². The van der Waals surface area contributed by atoms with Gasteiger partial charge < -0.3 is 10.2 Å². The monoisotopic (exact) mass is 375 g/mol. The Kier molecular flexibility index (Phi) is 6.36. The lowest BCUT2D eigenvalue weighted by Crippen LogP contribution is -2.51. The maximum absolute atomic E-state index is 12.7. The Morgan fingerprint density at radius 1 is 0.815 bits per heavy atom. The van der Waals surface area contributed by atoms with E-state index in [1.165, 1.54) is 32.1 Å². The molecule has 2 saturated heterocycles. The van der Waals surface area contributed by atoms with Crippen molar-refractivity contribution in [1.82, 2.24) is 15.1 Å². The van der Waals surface area contributed by atoms with Gasteiger partial charge in [0.25, 0.3) is 0 Å². The molecule has 4 rings (SSSR count). The second kappa shape index (κ2) is 8.93. The predicted molar refractivity (Wildman–Crippen MR) is 106 cm³/mol. The molecule has 4 fully saturated rings. The van der Waals surface area contributed by atoms with Crippen LogP contribution >= 0.6 is 0 Å². The Morgan fingerprint density at radius 2 is 1.56 bits per heavy atom. The van der Waals surface area contributed by atoms with Gasteiger partial charge in [0.05, 0.1) is 5.92 Å². The first-order valence-corrected chi connectivity index (χ1v) is 11.5. The van der Waals surface area contributed by atoms with Crippen LogP contribution in [0, 0.1) is 11.8 Å². The molecule has 27 heavy (non-hydrogen) atoms. The molecular weight excluding hydrogens is 338 g/mol. The van der Waals surface area contributed by atoms with Gasteiger partial charge in [-0.3, -0.25) is 14.5 Å². The van der Waals surface area contributed by atoms with Gasteiger partial charge in [0.2, 0.25) is 11.8 Å². The summed E-state index contributed by atoms with van der Waals surface area (Å²) in [6.07, 6.45) is 13.9. The van der Waals surface area contributed by atoms with E-state index in [2.05, 4.69) is 15.1 Å². The van der Waals surface area contributed by atoms with Gasteiger partial charge >= 0.3 is 0 Å². The summed E-state index contributed by atoms with van der Waals surface area (Å²) >= 11 is 0. The number of nitrogens with zero attached hydrogens (tertiary/aromatic N) is 2. The molecule has 0 aromatic carbocycles. The van der Waals surface area contributed by atoms with Gasteiger partial charge in [0.1, 0.15) is 0 Å². The first-order chi connectivity index (χ1) is 13.2. The van der Waals surface area contributed by atoms with Crippen LogP contribution in [0.3, 0.4) is 0 Å². The zero-order valence-electron chi connectivity index (χ0n) is 16.8. The molecule has 152 valence electrons. The van der Waals surface area contributed by atoms with Crippen molar-refractivity contribution in [2.24, 2.45) is 11.8 Å². The fraction of sp³-hybridized carbons (Fsp3) is 0.909. The highest BCUT2D eigenvalue weighted by Gasteiger charge is 2.34. The van der Waals surface area contributed by atoms with E-state index in [1.54, 1.807) is 0 Å². The highest BCUT2D eigenvalue weighted by molar-refractivity contribution is 5.79.